The lowest BCUT2D eigenvalue weighted by Crippen LogP contribution is -2.33. The molecule has 0 aromatic carbocycles. The van der Waals surface area contributed by atoms with Crippen LogP contribution in [0.2, 0.25) is 0 Å². The zero-order chi connectivity index (χ0) is 15.3. The summed E-state index contributed by atoms with van der Waals surface area (Å²) in [5.41, 5.74) is 6.02. The van der Waals surface area contributed by atoms with E-state index in [-0.39, 0.29) is 30.2 Å². The fourth-order valence-corrected chi connectivity index (χ4v) is 2.15. The number of rotatable bonds is 6. The van der Waals surface area contributed by atoms with Crippen molar-refractivity contribution in [1.29, 1.82) is 0 Å². The van der Waals surface area contributed by atoms with Crippen molar-refractivity contribution in [1.82, 2.24) is 14.6 Å². The highest BCUT2D eigenvalue weighted by atomic mass is 32.1. The molecule has 0 spiro atoms. The smallest absolute Gasteiger partial charge is 0.258 e. The molecule has 20 heavy (non-hydrogen) atoms. The minimum Gasteiger partial charge on any atom is -0.382 e. The van der Waals surface area contributed by atoms with Gasteiger partial charge < -0.3 is 21.3 Å². The van der Waals surface area contributed by atoms with E-state index in [0.29, 0.717) is 17.1 Å². The summed E-state index contributed by atoms with van der Waals surface area (Å²) in [6.45, 7) is 6.35. The summed E-state index contributed by atoms with van der Waals surface area (Å²) in [4.78, 5) is 25.4. The summed E-state index contributed by atoms with van der Waals surface area (Å²) in [5.74, 6) is -0.174. The van der Waals surface area contributed by atoms with E-state index in [9.17, 15) is 9.59 Å². The lowest BCUT2D eigenvalue weighted by molar-refractivity contribution is -0.127. The standard InChI is InChI=1S/C12H21N5O2S/c1-5-17(4)8(18)6-14-12-9(10(13)16-20-12)11(19)15-7(2)3/h7,14H,5-6H2,1-4H3,(H2,13,16)(H,15,19). The van der Waals surface area contributed by atoms with Gasteiger partial charge in [0, 0.05) is 19.6 Å². The molecule has 1 heterocycles. The van der Waals surface area contributed by atoms with Crippen LogP contribution >= 0.6 is 11.5 Å². The summed E-state index contributed by atoms with van der Waals surface area (Å²) >= 11 is 1.08. The molecule has 1 rings (SSSR count). The van der Waals surface area contributed by atoms with Crippen molar-refractivity contribution < 1.29 is 9.59 Å². The van der Waals surface area contributed by atoms with Gasteiger partial charge in [-0.25, -0.2) is 0 Å². The van der Waals surface area contributed by atoms with Gasteiger partial charge in [-0.15, -0.1) is 0 Å². The monoisotopic (exact) mass is 299 g/mol. The van der Waals surface area contributed by atoms with Crippen LogP contribution in [-0.2, 0) is 4.79 Å². The molecule has 0 saturated carbocycles. The van der Waals surface area contributed by atoms with Crippen LogP contribution in [0.3, 0.4) is 0 Å². The summed E-state index contributed by atoms with van der Waals surface area (Å²) in [5, 5.41) is 6.20. The van der Waals surface area contributed by atoms with Gasteiger partial charge in [0.05, 0.1) is 6.54 Å². The Kier molecular flexibility index (Phi) is 5.75. The van der Waals surface area contributed by atoms with E-state index in [2.05, 4.69) is 15.0 Å². The Labute approximate surface area is 122 Å². The van der Waals surface area contributed by atoms with Gasteiger partial charge in [-0.05, 0) is 32.3 Å². The van der Waals surface area contributed by atoms with Crippen molar-refractivity contribution >= 4 is 34.2 Å². The van der Waals surface area contributed by atoms with Crippen LogP contribution in [0.4, 0.5) is 10.8 Å². The number of nitrogens with two attached hydrogens (primary N) is 1. The molecule has 8 heteroatoms. The molecule has 0 fully saturated rings. The molecule has 7 nitrogen and oxygen atoms in total. The number of aromatic nitrogens is 1. The van der Waals surface area contributed by atoms with Crippen LogP contribution < -0.4 is 16.4 Å². The van der Waals surface area contributed by atoms with Crippen molar-refractivity contribution in [3.8, 4) is 0 Å². The Morgan fingerprint density at radius 2 is 2.10 bits per heavy atom. The maximum atomic E-state index is 12.0. The Morgan fingerprint density at radius 3 is 2.65 bits per heavy atom. The van der Waals surface area contributed by atoms with Gasteiger partial charge in [0.1, 0.15) is 10.6 Å². The third-order valence-electron chi connectivity index (χ3n) is 2.67. The number of carbonyl (C=O) groups excluding carboxylic acids is 2. The SMILES string of the molecule is CCN(C)C(=O)CNc1snc(N)c1C(=O)NC(C)C. The number of amides is 2. The summed E-state index contributed by atoms with van der Waals surface area (Å²) < 4.78 is 3.96. The second kappa shape index (κ2) is 7.09. The molecule has 1 aromatic rings. The molecule has 0 aliphatic rings. The number of carbonyl (C=O) groups is 2. The summed E-state index contributed by atoms with van der Waals surface area (Å²) in [6.07, 6.45) is 0. The zero-order valence-corrected chi connectivity index (χ0v) is 13.0. The Hall–Kier alpha value is -1.83. The Balaban J connectivity index is 2.77. The molecule has 0 aliphatic heterocycles. The first kappa shape index (κ1) is 16.2. The molecular weight excluding hydrogens is 278 g/mol. The van der Waals surface area contributed by atoms with E-state index in [0.717, 1.165) is 11.5 Å². The molecule has 2 amide bonds. The van der Waals surface area contributed by atoms with E-state index < -0.39 is 0 Å². The predicted molar refractivity (Wildman–Crippen MR) is 80.9 cm³/mol. The first-order valence-electron chi connectivity index (χ1n) is 6.40. The number of anilines is 2. The molecule has 4 N–H and O–H groups in total. The average molecular weight is 299 g/mol. The van der Waals surface area contributed by atoms with Crippen molar-refractivity contribution in [3.63, 3.8) is 0 Å². The number of hydrogen-bond donors (Lipinski definition) is 3. The van der Waals surface area contributed by atoms with Crippen molar-refractivity contribution in [2.45, 2.75) is 26.8 Å². The second-order valence-corrected chi connectivity index (χ2v) is 5.43. The minimum atomic E-state index is -0.287. The highest BCUT2D eigenvalue weighted by Crippen LogP contribution is 2.26. The second-order valence-electron chi connectivity index (χ2n) is 4.66. The van der Waals surface area contributed by atoms with Gasteiger partial charge in [-0.2, -0.15) is 4.37 Å². The number of likely N-dealkylation sites (N-methyl/N-ethyl adjacent to an activating group) is 1. The number of hydrogen-bond acceptors (Lipinski definition) is 6. The summed E-state index contributed by atoms with van der Waals surface area (Å²) in [6, 6.07) is 0.00232. The van der Waals surface area contributed by atoms with Crippen LogP contribution in [0.25, 0.3) is 0 Å². The van der Waals surface area contributed by atoms with Crippen LogP contribution in [0, 0.1) is 0 Å². The molecule has 0 radical (unpaired) electrons. The highest BCUT2D eigenvalue weighted by Gasteiger charge is 2.20. The van der Waals surface area contributed by atoms with Crippen LogP contribution in [-0.4, -0.2) is 47.3 Å². The number of nitrogens with one attached hydrogen (secondary N) is 2. The van der Waals surface area contributed by atoms with Gasteiger partial charge in [0.2, 0.25) is 5.91 Å². The topological polar surface area (TPSA) is 100 Å². The first-order chi connectivity index (χ1) is 9.36. The lowest BCUT2D eigenvalue weighted by atomic mass is 10.2. The molecule has 0 atom stereocenters. The molecule has 0 aliphatic carbocycles. The van der Waals surface area contributed by atoms with Gasteiger partial charge >= 0.3 is 0 Å². The Bertz CT molecular complexity index is 486. The predicted octanol–water partition coefficient (Wildman–Crippen LogP) is 0.754. The average Bonchev–Trinajstić information content (AvgIpc) is 2.75. The molecule has 0 saturated heterocycles. The maximum absolute atomic E-state index is 12.0. The zero-order valence-electron chi connectivity index (χ0n) is 12.2. The van der Waals surface area contributed by atoms with Gasteiger partial charge in [0.25, 0.3) is 5.91 Å². The van der Waals surface area contributed by atoms with E-state index in [1.165, 1.54) is 0 Å². The van der Waals surface area contributed by atoms with Crippen LogP contribution in [0.1, 0.15) is 31.1 Å². The fourth-order valence-electron chi connectivity index (χ4n) is 1.44. The van der Waals surface area contributed by atoms with Crippen molar-refractivity contribution in [2.75, 3.05) is 31.2 Å². The van der Waals surface area contributed by atoms with E-state index in [1.54, 1.807) is 11.9 Å². The van der Waals surface area contributed by atoms with Crippen molar-refractivity contribution in [3.05, 3.63) is 5.56 Å². The highest BCUT2D eigenvalue weighted by molar-refractivity contribution is 7.11. The third-order valence-corrected chi connectivity index (χ3v) is 3.48. The quantitative estimate of drug-likeness (QED) is 0.720. The van der Waals surface area contributed by atoms with Crippen LogP contribution in [0.5, 0.6) is 0 Å². The van der Waals surface area contributed by atoms with Gasteiger partial charge in [-0.3, -0.25) is 9.59 Å². The van der Waals surface area contributed by atoms with Gasteiger partial charge in [-0.1, -0.05) is 0 Å². The molecule has 0 bridgehead atoms. The van der Waals surface area contributed by atoms with Crippen LogP contribution in [0.15, 0.2) is 0 Å². The van der Waals surface area contributed by atoms with E-state index in [1.807, 2.05) is 20.8 Å². The normalized spacial score (nSPS) is 10.4. The lowest BCUT2D eigenvalue weighted by Gasteiger charge is -2.15. The fraction of sp³-hybridized carbons (Fsp3) is 0.583. The largest absolute Gasteiger partial charge is 0.382 e. The molecule has 112 valence electrons. The Morgan fingerprint density at radius 1 is 1.45 bits per heavy atom. The summed E-state index contributed by atoms with van der Waals surface area (Å²) in [7, 11) is 1.72. The van der Waals surface area contributed by atoms with Gasteiger partial charge in [0.15, 0.2) is 5.82 Å². The number of nitrogens with zero attached hydrogens (tertiary/aromatic N) is 2. The molecule has 0 unspecified atom stereocenters. The molecule has 1 aromatic heterocycles. The number of nitrogen functional groups attached to an aromatic ring is 1. The molecular formula is C12H21N5O2S. The first-order valence-corrected chi connectivity index (χ1v) is 7.18. The third kappa shape index (κ3) is 4.09. The van der Waals surface area contributed by atoms with E-state index >= 15 is 0 Å². The van der Waals surface area contributed by atoms with E-state index in [4.69, 9.17) is 5.73 Å². The van der Waals surface area contributed by atoms with Crippen molar-refractivity contribution in [2.24, 2.45) is 0 Å². The minimum absolute atomic E-state index is 0.00232. The maximum Gasteiger partial charge on any atom is 0.258 e.